The fourth-order valence-electron chi connectivity index (χ4n) is 5.04. The zero-order valence-electron chi connectivity index (χ0n) is 18.6. The van der Waals surface area contributed by atoms with Crippen LogP contribution >= 0.6 is 0 Å². The fourth-order valence-corrected chi connectivity index (χ4v) is 6.10. The SMILES string of the molecule is CCNC(=NCc1ccc(S(=O)(=O)NCC2CCCO2)cc1)N1CC2CCCCC2C1. The molecule has 2 saturated heterocycles. The van der Waals surface area contributed by atoms with Crippen LogP contribution in [0.2, 0.25) is 0 Å². The molecule has 0 spiro atoms. The summed E-state index contributed by atoms with van der Waals surface area (Å²) in [5.74, 6) is 2.60. The Bertz CT molecular complexity index is 836. The van der Waals surface area contributed by atoms with Crippen molar-refractivity contribution in [1.29, 1.82) is 0 Å². The molecule has 2 aliphatic heterocycles. The van der Waals surface area contributed by atoms with Gasteiger partial charge in [-0.25, -0.2) is 18.1 Å². The number of guanidine groups is 1. The highest BCUT2D eigenvalue weighted by Crippen LogP contribution is 2.36. The van der Waals surface area contributed by atoms with Crippen LogP contribution in [0.1, 0.15) is 51.0 Å². The molecular formula is C23H36N4O3S. The highest BCUT2D eigenvalue weighted by Gasteiger charge is 2.35. The monoisotopic (exact) mass is 448 g/mol. The predicted octanol–water partition coefficient (Wildman–Crippen LogP) is 2.73. The number of sulfonamides is 1. The van der Waals surface area contributed by atoms with E-state index in [2.05, 4.69) is 21.9 Å². The van der Waals surface area contributed by atoms with Crippen LogP contribution in [0.3, 0.4) is 0 Å². The van der Waals surface area contributed by atoms with E-state index in [1.54, 1.807) is 12.1 Å². The minimum Gasteiger partial charge on any atom is -0.377 e. The number of nitrogens with zero attached hydrogens (tertiary/aromatic N) is 2. The third kappa shape index (κ3) is 5.79. The number of fused-ring (bicyclic) bond motifs is 1. The normalized spacial score (nSPS) is 26.8. The van der Waals surface area contributed by atoms with Gasteiger partial charge in [-0.15, -0.1) is 0 Å². The number of benzene rings is 1. The maximum absolute atomic E-state index is 12.5. The summed E-state index contributed by atoms with van der Waals surface area (Å²) in [7, 11) is -3.52. The molecule has 1 aromatic rings. The van der Waals surface area contributed by atoms with Gasteiger partial charge < -0.3 is 15.0 Å². The van der Waals surface area contributed by atoms with Crippen LogP contribution in [0.25, 0.3) is 0 Å². The quantitative estimate of drug-likeness (QED) is 0.495. The molecule has 7 nitrogen and oxygen atoms in total. The van der Waals surface area contributed by atoms with Gasteiger partial charge in [0.2, 0.25) is 10.0 Å². The third-order valence-electron chi connectivity index (χ3n) is 6.78. The minimum absolute atomic E-state index is 0.0118. The first-order chi connectivity index (χ1) is 15.0. The second kappa shape index (κ2) is 10.3. The molecule has 3 fully saturated rings. The Balaban J connectivity index is 1.36. The summed E-state index contributed by atoms with van der Waals surface area (Å²) in [5.41, 5.74) is 1.00. The predicted molar refractivity (Wildman–Crippen MR) is 122 cm³/mol. The van der Waals surface area contributed by atoms with Crippen molar-refractivity contribution in [2.45, 2.75) is 63.0 Å². The van der Waals surface area contributed by atoms with Crippen molar-refractivity contribution in [3.63, 3.8) is 0 Å². The number of ether oxygens (including phenoxy) is 1. The lowest BCUT2D eigenvalue weighted by Crippen LogP contribution is -2.40. The summed E-state index contributed by atoms with van der Waals surface area (Å²) in [4.78, 5) is 7.55. The van der Waals surface area contributed by atoms with E-state index in [1.807, 2.05) is 12.1 Å². The van der Waals surface area contributed by atoms with Gasteiger partial charge in [0, 0.05) is 32.8 Å². The van der Waals surface area contributed by atoms with Gasteiger partial charge in [0.05, 0.1) is 17.5 Å². The third-order valence-corrected chi connectivity index (χ3v) is 8.22. The van der Waals surface area contributed by atoms with Crippen molar-refractivity contribution >= 4 is 16.0 Å². The van der Waals surface area contributed by atoms with Crippen molar-refractivity contribution in [3.05, 3.63) is 29.8 Å². The van der Waals surface area contributed by atoms with Gasteiger partial charge in [0.25, 0.3) is 0 Å². The van der Waals surface area contributed by atoms with E-state index in [1.165, 1.54) is 25.7 Å². The number of hydrogen-bond acceptors (Lipinski definition) is 4. The van der Waals surface area contributed by atoms with Gasteiger partial charge in [0.15, 0.2) is 5.96 Å². The topological polar surface area (TPSA) is 83.0 Å². The molecule has 1 aliphatic carbocycles. The highest BCUT2D eigenvalue weighted by atomic mass is 32.2. The first kappa shape index (κ1) is 22.6. The Labute approximate surface area is 186 Å². The van der Waals surface area contributed by atoms with Crippen molar-refractivity contribution < 1.29 is 13.2 Å². The lowest BCUT2D eigenvalue weighted by Gasteiger charge is -2.22. The van der Waals surface area contributed by atoms with Gasteiger partial charge in [-0.3, -0.25) is 0 Å². The van der Waals surface area contributed by atoms with Crippen LogP contribution in [0.5, 0.6) is 0 Å². The maximum Gasteiger partial charge on any atom is 0.240 e. The van der Waals surface area contributed by atoms with Crippen molar-refractivity contribution in [2.75, 3.05) is 32.8 Å². The number of likely N-dealkylation sites (tertiary alicyclic amines) is 1. The number of rotatable bonds is 7. The highest BCUT2D eigenvalue weighted by molar-refractivity contribution is 7.89. The molecule has 31 heavy (non-hydrogen) atoms. The van der Waals surface area contributed by atoms with Crippen LogP contribution in [-0.4, -0.2) is 58.2 Å². The fraction of sp³-hybridized carbons (Fsp3) is 0.696. The summed E-state index contributed by atoms with van der Waals surface area (Å²) >= 11 is 0. The van der Waals surface area contributed by atoms with Gasteiger partial charge in [0.1, 0.15) is 0 Å². The van der Waals surface area contributed by atoms with E-state index in [0.29, 0.717) is 13.1 Å². The lowest BCUT2D eigenvalue weighted by molar-refractivity contribution is 0.114. The Morgan fingerprint density at radius 2 is 1.81 bits per heavy atom. The molecule has 172 valence electrons. The van der Waals surface area contributed by atoms with Crippen LogP contribution in [0.4, 0.5) is 0 Å². The van der Waals surface area contributed by atoms with Gasteiger partial charge >= 0.3 is 0 Å². The van der Waals surface area contributed by atoms with Crippen molar-refractivity contribution in [3.8, 4) is 0 Å². The molecule has 1 aromatic carbocycles. The average Bonchev–Trinajstić information content (AvgIpc) is 3.45. The van der Waals surface area contributed by atoms with Crippen molar-refractivity contribution in [2.24, 2.45) is 16.8 Å². The molecule has 2 N–H and O–H groups in total. The van der Waals surface area contributed by atoms with E-state index in [4.69, 9.17) is 9.73 Å². The molecule has 8 heteroatoms. The Hall–Kier alpha value is -1.64. The summed E-state index contributed by atoms with van der Waals surface area (Å²) in [6.45, 7) is 6.74. The molecule has 3 unspecified atom stereocenters. The van der Waals surface area contributed by atoms with Crippen LogP contribution in [0.15, 0.2) is 34.2 Å². The van der Waals surface area contributed by atoms with Gasteiger partial charge in [-0.2, -0.15) is 0 Å². The van der Waals surface area contributed by atoms with E-state index in [9.17, 15) is 8.42 Å². The van der Waals surface area contributed by atoms with E-state index >= 15 is 0 Å². The first-order valence-electron chi connectivity index (χ1n) is 11.8. The molecule has 0 amide bonds. The van der Waals surface area contributed by atoms with Crippen molar-refractivity contribution in [1.82, 2.24) is 14.9 Å². The molecule has 0 radical (unpaired) electrons. The molecule has 0 bridgehead atoms. The summed E-state index contributed by atoms with van der Waals surface area (Å²) in [5, 5.41) is 3.44. The lowest BCUT2D eigenvalue weighted by atomic mass is 9.82. The smallest absolute Gasteiger partial charge is 0.240 e. The molecule has 3 atom stereocenters. The molecule has 4 rings (SSSR count). The van der Waals surface area contributed by atoms with Crippen LogP contribution in [-0.2, 0) is 21.3 Å². The number of nitrogens with one attached hydrogen (secondary N) is 2. The molecule has 0 aromatic heterocycles. The average molecular weight is 449 g/mol. The van der Waals surface area contributed by atoms with Gasteiger partial charge in [-0.1, -0.05) is 25.0 Å². The molecular weight excluding hydrogens is 412 g/mol. The molecule has 1 saturated carbocycles. The maximum atomic E-state index is 12.5. The Morgan fingerprint density at radius 3 is 2.42 bits per heavy atom. The molecule has 2 heterocycles. The minimum atomic E-state index is -3.52. The first-order valence-corrected chi connectivity index (χ1v) is 13.3. The van der Waals surface area contributed by atoms with E-state index in [-0.39, 0.29) is 11.0 Å². The largest absolute Gasteiger partial charge is 0.377 e. The van der Waals surface area contributed by atoms with Gasteiger partial charge in [-0.05, 0) is 62.1 Å². The second-order valence-corrected chi connectivity index (χ2v) is 10.8. The van der Waals surface area contributed by atoms with E-state index < -0.39 is 10.0 Å². The summed E-state index contributed by atoms with van der Waals surface area (Å²) < 4.78 is 33.2. The zero-order chi connectivity index (χ0) is 21.7. The number of hydrogen-bond donors (Lipinski definition) is 2. The summed E-state index contributed by atoms with van der Waals surface area (Å²) in [6, 6.07) is 7.05. The van der Waals surface area contributed by atoms with Crippen LogP contribution < -0.4 is 10.0 Å². The number of aliphatic imine (C=N–C) groups is 1. The second-order valence-electron chi connectivity index (χ2n) is 9.01. The molecule has 3 aliphatic rings. The zero-order valence-corrected chi connectivity index (χ0v) is 19.4. The standard InChI is InChI=1S/C23H36N4O3S/c1-2-24-23(27-16-19-6-3-4-7-20(19)17-27)25-14-18-9-11-22(12-10-18)31(28,29)26-15-21-8-5-13-30-21/h9-12,19-21,26H,2-8,13-17H2,1H3,(H,24,25). The van der Waals surface area contributed by atoms with Crippen LogP contribution in [0, 0.1) is 11.8 Å². The van der Waals surface area contributed by atoms with E-state index in [0.717, 1.165) is 62.4 Å². The Kier molecular flexibility index (Phi) is 7.51. The summed E-state index contributed by atoms with van der Waals surface area (Å²) in [6.07, 6.45) is 7.30. The Morgan fingerprint density at radius 1 is 1.10 bits per heavy atom.